The smallest absolute Gasteiger partial charge is 0.407 e. The number of nitrogens with one attached hydrogen (secondary N) is 1. The quantitative estimate of drug-likeness (QED) is 0.874. The summed E-state index contributed by atoms with van der Waals surface area (Å²) in [6, 6.07) is 8.00. The van der Waals surface area contributed by atoms with Crippen molar-refractivity contribution in [3.63, 3.8) is 0 Å². The average Bonchev–Trinajstić information content (AvgIpc) is 3.06. The Hall–Kier alpha value is -2.08. The molecule has 0 radical (unpaired) electrons. The summed E-state index contributed by atoms with van der Waals surface area (Å²) < 4.78 is 6.60. The zero-order valence-corrected chi connectivity index (χ0v) is 13.7. The van der Waals surface area contributed by atoms with Gasteiger partial charge in [0, 0.05) is 21.5 Å². The molecule has 2 aliphatic heterocycles. The molecule has 1 N–H and O–H groups in total. The van der Waals surface area contributed by atoms with Crippen LogP contribution in [0.3, 0.4) is 0 Å². The molecule has 1 spiro atoms. The highest BCUT2D eigenvalue weighted by atomic mass is 32.1. The zero-order valence-electron chi connectivity index (χ0n) is 12.9. The highest BCUT2D eigenvalue weighted by Crippen LogP contribution is 2.34. The molecular formula is C17H18N2O3S. The van der Waals surface area contributed by atoms with Gasteiger partial charge in [-0.3, -0.25) is 4.79 Å². The summed E-state index contributed by atoms with van der Waals surface area (Å²) in [4.78, 5) is 27.4. The van der Waals surface area contributed by atoms with E-state index >= 15 is 0 Å². The van der Waals surface area contributed by atoms with E-state index in [-0.39, 0.29) is 12.0 Å². The maximum Gasteiger partial charge on any atom is 0.407 e. The van der Waals surface area contributed by atoms with Gasteiger partial charge in [0.1, 0.15) is 5.60 Å². The molecule has 2 aliphatic rings. The fraction of sp³-hybridized carbons (Fsp3) is 0.412. The molecule has 1 unspecified atom stereocenters. The number of benzene rings is 1. The summed E-state index contributed by atoms with van der Waals surface area (Å²) in [5.74, 6) is 0.0435. The van der Waals surface area contributed by atoms with E-state index in [1.54, 1.807) is 11.3 Å². The molecule has 0 aliphatic carbocycles. The first-order valence-electron chi connectivity index (χ1n) is 7.82. The molecule has 2 aromatic rings. The Morgan fingerprint density at radius 2 is 2.22 bits per heavy atom. The van der Waals surface area contributed by atoms with Crippen LogP contribution in [0.25, 0.3) is 10.1 Å². The number of hydrogen-bond donors (Lipinski definition) is 1. The van der Waals surface area contributed by atoms with E-state index in [0.717, 1.165) is 33.4 Å². The van der Waals surface area contributed by atoms with Crippen molar-refractivity contribution in [1.82, 2.24) is 10.2 Å². The summed E-state index contributed by atoms with van der Waals surface area (Å²) in [7, 11) is 0. The van der Waals surface area contributed by atoms with E-state index in [1.165, 1.54) is 0 Å². The lowest BCUT2D eigenvalue weighted by molar-refractivity contribution is -0.00498. The number of alkyl carbamates (subject to hydrolysis) is 1. The third-order valence-electron chi connectivity index (χ3n) is 4.68. The maximum absolute atomic E-state index is 13.1. The Kier molecular flexibility index (Phi) is 3.30. The predicted octanol–water partition coefficient (Wildman–Crippen LogP) is 2.92. The number of piperidine rings is 1. The van der Waals surface area contributed by atoms with Gasteiger partial charge in [-0.2, -0.15) is 0 Å². The SMILES string of the molecule is Cc1sc2ccccc2c1C(=O)N1CCCC2(CNC(=O)O2)C1. The number of thiophene rings is 1. The van der Waals surface area contributed by atoms with Crippen molar-refractivity contribution in [2.75, 3.05) is 19.6 Å². The number of carbonyl (C=O) groups is 2. The van der Waals surface area contributed by atoms with E-state index in [9.17, 15) is 9.59 Å². The Bertz CT molecular complexity index is 800. The van der Waals surface area contributed by atoms with Gasteiger partial charge in [0.05, 0.1) is 18.7 Å². The van der Waals surface area contributed by atoms with Gasteiger partial charge >= 0.3 is 6.09 Å². The van der Waals surface area contributed by atoms with Gasteiger partial charge in [0.15, 0.2) is 0 Å². The second kappa shape index (κ2) is 5.23. The minimum atomic E-state index is -0.551. The first-order chi connectivity index (χ1) is 11.1. The molecule has 0 saturated carbocycles. The van der Waals surface area contributed by atoms with E-state index in [1.807, 2.05) is 36.1 Å². The predicted molar refractivity (Wildman–Crippen MR) is 88.9 cm³/mol. The minimum absolute atomic E-state index is 0.0435. The van der Waals surface area contributed by atoms with Crippen molar-refractivity contribution in [1.29, 1.82) is 0 Å². The molecule has 1 aromatic carbocycles. The summed E-state index contributed by atoms with van der Waals surface area (Å²) in [6.07, 6.45) is 1.28. The molecule has 23 heavy (non-hydrogen) atoms. The van der Waals surface area contributed by atoms with Gasteiger partial charge in [-0.15, -0.1) is 11.3 Å². The molecule has 1 atom stereocenters. The largest absolute Gasteiger partial charge is 0.439 e. The Morgan fingerprint density at radius 3 is 3.00 bits per heavy atom. The topological polar surface area (TPSA) is 58.6 Å². The second-order valence-electron chi connectivity index (χ2n) is 6.29. The van der Waals surface area contributed by atoms with Crippen molar-refractivity contribution >= 4 is 33.4 Å². The molecule has 120 valence electrons. The number of carbonyl (C=O) groups excluding carboxylic acids is 2. The van der Waals surface area contributed by atoms with Gasteiger partial charge in [-0.25, -0.2) is 4.79 Å². The number of aryl methyl sites for hydroxylation is 1. The first-order valence-corrected chi connectivity index (χ1v) is 8.64. The van der Waals surface area contributed by atoms with Gasteiger partial charge in [0.2, 0.25) is 0 Å². The van der Waals surface area contributed by atoms with E-state index in [0.29, 0.717) is 19.6 Å². The lowest BCUT2D eigenvalue weighted by Crippen LogP contribution is -2.52. The van der Waals surface area contributed by atoms with Crippen molar-refractivity contribution in [2.45, 2.75) is 25.4 Å². The van der Waals surface area contributed by atoms with Crippen molar-refractivity contribution in [2.24, 2.45) is 0 Å². The van der Waals surface area contributed by atoms with Crippen LogP contribution >= 0.6 is 11.3 Å². The van der Waals surface area contributed by atoms with Crippen LogP contribution in [0.5, 0.6) is 0 Å². The lowest BCUT2D eigenvalue weighted by Gasteiger charge is -2.38. The molecular weight excluding hydrogens is 312 g/mol. The zero-order chi connectivity index (χ0) is 16.0. The maximum atomic E-state index is 13.1. The van der Waals surface area contributed by atoms with Crippen LogP contribution in [0.2, 0.25) is 0 Å². The number of rotatable bonds is 1. The Morgan fingerprint density at radius 1 is 1.39 bits per heavy atom. The molecule has 2 fully saturated rings. The monoisotopic (exact) mass is 330 g/mol. The minimum Gasteiger partial charge on any atom is -0.439 e. The van der Waals surface area contributed by atoms with E-state index in [2.05, 4.69) is 5.32 Å². The Labute approximate surface area is 138 Å². The average molecular weight is 330 g/mol. The van der Waals surface area contributed by atoms with Crippen molar-refractivity contribution in [3.8, 4) is 0 Å². The van der Waals surface area contributed by atoms with Crippen LogP contribution in [0.4, 0.5) is 4.79 Å². The molecule has 3 heterocycles. The Balaban J connectivity index is 1.66. The first kappa shape index (κ1) is 14.5. The van der Waals surface area contributed by atoms with Crippen LogP contribution in [0, 0.1) is 6.92 Å². The summed E-state index contributed by atoms with van der Waals surface area (Å²) >= 11 is 1.65. The van der Waals surface area contributed by atoms with Gasteiger partial charge < -0.3 is 15.0 Å². The normalized spacial score (nSPS) is 24.0. The number of amides is 2. The molecule has 4 rings (SSSR count). The highest BCUT2D eigenvalue weighted by molar-refractivity contribution is 7.19. The summed E-state index contributed by atoms with van der Waals surface area (Å²) in [5.41, 5.74) is 0.241. The van der Waals surface area contributed by atoms with Crippen LogP contribution in [0.1, 0.15) is 28.1 Å². The van der Waals surface area contributed by atoms with Gasteiger partial charge in [-0.1, -0.05) is 18.2 Å². The highest BCUT2D eigenvalue weighted by Gasteiger charge is 2.45. The fourth-order valence-corrected chi connectivity index (χ4v) is 4.65. The van der Waals surface area contributed by atoms with Crippen molar-refractivity contribution < 1.29 is 14.3 Å². The summed E-state index contributed by atoms with van der Waals surface area (Å²) in [6.45, 7) is 3.66. The lowest BCUT2D eigenvalue weighted by atomic mass is 9.92. The second-order valence-corrected chi connectivity index (χ2v) is 7.54. The van der Waals surface area contributed by atoms with Crippen LogP contribution in [0.15, 0.2) is 24.3 Å². The summed E-state index contributed by atoms with van der Waals surface area (Å²) in [5, 5.41) is 3.73. The molecule has 2 saturated heterocycles. The van der Waals surface area contributed by atoms with Gasteiger partial charge in [-0.05, 0) is 25.8 Å². The third-order valence-corrected chi connectivity index (χ3v) is 5.76. The standard InChI is InChI=1S/C17H18N2O3S/c1-11-14(12-5-2-3-6-13(12)23-11)15(20)19-8-4-7-17(10-19)9-18-16(21)22-17/h2-3,5-6H,4,7-10H2,1H3,(H,18,21). The molecule has 2 amide bonds. The van der Waals surface area contributed by atoms with Crippen LogP contribution in [-0.4, -0.2) is 42.1 Å². The van der Waals surface area contributed by atoms with Gasteiger partial charge in [0.25, 0.3) is 5.91 Å². The third kappa shape index (κ3) is 2.37. The number of hydrogen-bond acceptors (Lipinski definition) is 4. The van der Waals surface area contributed by atoms with E-state index in [4.69, 9.17) is 4.74 Å². The molecule has 1 aromatic heterocycles. The molecule has 5 nitrogen and oxygen atoms in total. The van der Waals surface area contributed by atoms with Crippen molar-refractivity contribution in [3.05, 3.63) is 34.7 Å². The fourth-order valence-electron chi connectivity index (χ4n) is 3.59. The molecule has 0 bridgehead atoms. The number of fused-ring (bicyclic) bond motifs is 1. The number of ether oxygens (including phenoxy) is 1. The molecule has 6 heteroatoms. The van der Waals surface area contributed by atoms with Crippen LogP contribution in [-0.2, 0) is 4.74 Å². The van der Waals surface area contributed by atoms with Crippen LogP contribution < -0.4 is 5.32 Å². The number of nitrogens with zero attached hydrogens (tertiary/aromatic N) is 1. The van der Waals surface area contributed by atoms with E-state index < -0.39 is 5.60 Å². The number of likely N-dealkylation sites (tertiary alicyclic amines) is 1.